The third-order valence-electron chi connectivity index (χ3n) is 5.14. The number of hydrogen-bond donors (Lipinski definition) is 1. The van der Waals surface area contributed by atoms with Crippen LogP contribution in [-0.4, -0.2) is 27.8 Å². The maximum atomic E-state index is 14.9. The van der Waals surface area contributed by atoms with Crippen molar-refractivity contribution in [3.05, 3.63) is 88.2 Å². The minimum atomic E-state index is -5.93. The van der Waals surface area contributed by atoms with Gasteiger partial charge in [0.15, 0.2) is 0 Å². The first-order valence-corrected chi connectivity index (χ1v) is 10.5. The van der Waals surface area contributed by atoms with E-state index in [-0.39, 0.29) is 27.4 Å². The SMILES string of the molecule is C=CC(F)(F)C(F)(c1cc(C)c(NC(=O)c2ccc(-n3cc(C)cn3)cc2)c(Br)c1)C(F)(F)F. The first-order valence-electron chi connectivity index (χ1n) is 9.72. The largest absolute Gasteiger partial charge is 0.433 e. The van der Waals surface area contributed by atoms with Gasteiger partial charge in [0.1, 0.15) is 0 Å². The highest BCUT2D eigenvalue weighted by molar-refractivity contribution is 9.10. The lowest BCUT2D eigenvalue weighted by Crippen LogP contribution is -2.51. The molecule has 1 aromatic heterocycles. The van der Waals surface area contributed by atoms with Crippen LogP contribution in [0.15, 0.2) is 65.9 Å². The monoisotopic (exact) mass is 545 g/mol. The lowest BCUT2D eigenvalue weighted by Gasteiger charge is -2.34. The number of allylic oxidation sites excluding steroid dienone is 1. The van der Waals surface area contributed by atoms with Gasteiger partial charge in [0.25, 0.3) is 11.6 Å². The van der Waals surface area contributed by atoms with Gasteiger partial charge in [-0.3, -0.25) is 4.79 Å². The second-order valence-electron chi connectivity index (χ2n) is 7.60. The molecule has 0 saturated carbocycles. The minimum Gasteiger partial charge on any atom is -0.321 e. The predicted octanol–water partition coefficient (Wildman–Crippen LogP) is 7.05. The molecule has 0 saturated heterocycles. The van der Waals surface area contributed by atoms with Gasteiger partial charge in [0.2, 0.25) is 0 Å². The first-order chi connectivity index (χ1) is 15.7. The van der Waals surface area contributed by atoms with Gasteiger partial charge < -0.3 is 5.32 Å². The van der Waals surface area contributed by atoms with Gasteiger partial charge in [-0.05, 0) is 77.3 Å². The van der Waals surface area contributed by atoms with Crippen molar-refractivity contribution in [2.75, 3.05) is 5.32 Å². The third-order valence-corrected chi connectivity index (χ3v) is 5.76. The van der Waals surface area contributed by atoms with Crippen LogP contribution in [0.2, 0.25) is 0 Å². The zero-order chi connectivity index (χ0) is 25.5. The summed E-state index contributed by atoms with van der Waals surface area (Å²) in [6.07, 6.45) is -2.86. The van der Waals surface area contributed by atoms with Crippen LogP contribution in [-0.2, 0) is 5.67 Å². The highest BCUT2D eigenvalue weighted by Gasteiger charge is 2.71. The Balaban J connectivity index is 1.92. The van der Waals surface area contributed by atoms with E-state index >= 15 is 0 Å². The van der Waals surface area contributed by atoms with Crippen LogP contribution in [0, 0.1) is 13.8 Å². The van der Waals surface area contributed by atoms with E-state index < -0.39 is 29.2 Å². The highest BCUT2D eigenvalue weighted by atomic mass is 79.9. The lowest BCUT2D eigenvalue weighted by molar-refractivity contribution is -0.296. The Labute approximate surface area is 199 Å². The highest BCUT2D eigenvalue weighted by Crippen LogP contribution is 2.54. The van der Waals surface area contributed by atoms with Crippen LogP contribution in [0.5, 0.6) is 0 Å². The molecule has 0 bridgehead atoms. The molecule has 1 heterocycles. The predicted molar refractivity (Wildman–Crippen MR) is 119 cm³/mol. The van der Waals surface area contributed by atoms with Gasteiger partial charge in [-0.25, -0.2) is 9.07 Å². The van der Waals surface area contributed by atoms with Crippen molar-refractivity contribution >= 4 is 27.5 Å². The number of halogens is 7. The molecule has 1 unspecified atom stereocenters. The van der Waals surface area contributed by atoms with E-state index in [1.165, 1.54) is 19.1 Å². The molecule has 0 aliphatic rings. The average Bonchev–Trinajstić information content (AvgIpc) is 3.20. The second kappa shape index (κ2) is 8.94. The standard InChI is InChI=1S/C23H18BrF6N3O/c1-4-21(25,26)22(27,23(28,29)30)16-9-14(3)19(18(24)10-16)32-20(34)15-5-7-17(8-6-15)33-12-13(2)11-31-33/h4-12H,1H2,2-3H3,(H,32,34). The van der Waals surface area contributed by atoms with E-state index in [2.05, 4.69) is 32.9 Å². The van der Waals surface area contributed by atoms with Crippen LogP contribution in [0.25, 0.3) is 5.69 Å². The number of amides is 1. The summed E-state index contributed by atoms with van der Waals surface area (Å²) in [6.45, 7) is 5.77. The molecule has 1 amide bonds. The van der Waals surface area contributed by atoms with Crippen LogP contribution in [0.4, 0.5) is 32.0 Å². The maximum Gasteiger partial charge on any atom is 0.433 e. The summed E-state index contributed by atoms with van der Waals surface area (Å²) in [4.78, 5) is 12.7. The molecule has 180 valence electrons. The van der Waals surface area contributed by atoms with Crippen LogP contribution in [0.3, 0.4) is 0 Å². The minimum absolute atomic E-state index is 0.00646. The fourth-order valence-corrected chi connectivity index (χ4v) is 3.95. The molecule has 1 N–H and O–H groups in total. The number of rotatable bonds is 6. The van der Waals surface area contributed by atoms with Crippen molar-refractivity contribution in [1.82, 2.24) is 9.78 Å². The lowest BCUT2D eigenvalue weighted by atomic mass is 9.87. The molecule has 2 aromatic carbocycles. The van der Waals surface area contributed by atoms with Gasteiger partial charge in [0.05, 0.1) is 17.6 Å². The summed E-state index contributed by atoms with van der Waals surface area (Å²) in [5, 5.41) is 6.67. The third kappa shape index (κ3) is 4.48. The Hall–Kier alpha value is -3.08. The van der Waals surface area contributed by atoms with Gasteiger partial charge in [-0.1, -0.05) is 12.6 Å². The Morgan fingerprint density at radius 3 is 2.18 bits per heavy atom. The van der Waals surface area contributed by atoms with Crippen molar-refractivity contribution in [3.8, 4) is 5.69 Å². The number of benzene rings is 2. The molecular formula is C23H18BrF6N3O. The van der Waals surface area contributed by atoms with Gasteiger partial charge in [0, 0.05) is 21.8 Å². The van der Waals surface area contributed by atoms with Crippen molar-refractivity contribution in [3.63, 3.8) is 0 Å². The van der Waals surface area contributed by atoms with Gasteiger partial charge >= 0.3 is 12.1 Å². The van der Waals surface area contributed by atoms with Crippen LogP contribution >= 0.6 is 15.9 Å². The summed E-state index contributed by atoms with van der Waals surface area (Å²) >= 11 is 2.96. The quantitative estimate of drug-likeness (QED) is 0.266. The van der Waals surface area contributed by atoms with Crippen molar-refractivity contribution in [2.24, 2.45) is 0 Å². The number of carbonyl (C=O) groups excluding carboxylic acids is 1. The van der Waals surface area contributed by atoms with Crippen LogP contribution in [0.1, 0.15) is 27.0 Å². The molecule has 4 nitrogen and oxygen atoms in total. The smallest absolute Gasteiger partial charge is 0.321 e. The molecule has 0 spiro atoms. The van der Waals surface area contributed by atoms with Gasteiger partial charge in [-0.15, -0.1) is 0 Å². The normalized spacial score (nSPS) is 13.9. The van der Waals surface area contributed by atoms with E-state index in [4.69, 9.17) is 0 Å². The summed E-state index contributed by atoms with van der Waals surface area (Å²) in [5.74, 6) is -5.55. The number of aromatic nitrogens is 2. The number of hydrogen-bond acceptors (Lipinski definition) is 2. The summed E-state index contributed by atoms with van der Waals surface area (Å²) in [6, 6.07) is 7.50. The molecule has 0 aliphatic carbocycles. The fourth-order valence-electron chi connectivity index (χ4n) is 3.29. The first kappa shape index (κ1) is 25.5. The average molecular weight is 546 g/mol. The number of nitrogens with one attached hydrogen (secondary N) is 1. The molecule has 11 heteroatoms. The Kier molecular flexibility index (Phi) is 6.71. The van der Waals surface area contributed by atoms with E-state index in [9.17, 15) is 31.1 Å². The summed E-state index contributed by atoms with van der Waals surface area (Å²) in [7, 11) is 0. The number of carbonyl (C=O) groups is 1. The molecule has 34 heavy (non-hydrogen) atoms. The number of anilines is 1. The Morgan fingerprint density at radius 2 is 1.71 bits per heavy atom. The molecule has 0 fully saturated rings. The molecule has 1 atom stereocenters. The zero-order valence-corrected chi connectivity index (χ0v) is 19.4. The summed E-state index contributed by atoms with van der Waals surface area (Å²) in [5.41, 5.74) is -4.54. The fraction of sp³-hybridized carbons (Fsp3) is 0.217. The Bertz CT molecular complexity index is 1210. The number of alkyl halides is 6. The van der Waals surface area contributed by atoms with Crippen molar-refractivity contribution in [1.29, 1.82) is 0 Å². The molecular weight excluding hydrogens is 528 g/mol. The summed E-state index contributed by atoms with van der Waals surface area (Å²) < 4.78 is 84.7. The number of nitrogens with zero attached hydrogens (tertiary/aromatic N) is 2. The number of aryl methyl sites for hydroxylation is 2. The molecule has 3 rings (SSSR count). The van der Waals surface area contributed by atoms with E-state index in [0.717, 1.165) is 5.56 Å². The van der Waals surface area contributed by atoms with Crippen LogP contribution < -0.4 is 5.32 Å². The van der Waals surface area contributed by atoms with Crippen molar-refractivity contribution in [2.45, 2.75) is 31.6 Å². The topological polar surface area (TPSA) is 46.9 Å². The Morgan fingerprint density at radius 1 is 1.09 bits per heavy atom. The maximum absolute atomic E-state index is 14.9. The van der Waals surface area contributed by atoms with E-state index in [1.54, 1.807) is 29.2 Å². The second-order valence-corrected chi connectivity index (χ2v) is 8.45. The zero-order valence-electron chi connectivity index (χ0n) is 17.9. The van der Waals surface area contributed by atoms with E-state index in [0.29, 0.717) is 17.8 Å². The molecule has 3 aromatic rings. The van der Waals surface area contributed by atoms with Gasteiger partial charge in [-0.2, -0.15) is 27.1 Å². The van der Waals surface area contributed by atoms with E-state index in [1.807, 2.05) is 6.92 Å². The molecule has 0 aliphatic heterocycles. The molecule has 0 radical (unpaired) electrons. The van der Waals surface area contributed by atoms with Crippen molar-refractivity contribution < 1.29 is 31.1 Å².